The molecule has 0 spiro atoms. The van der Waals surface area contributed by atoms with Crippen LogP contribution in [-0.4, -0.2) is 9.97 Å². The zero-order valence-corrected chi connectivity index (χ0v) is 21.2. The third-order valence-electron chi connectivity index (χ3n) is 5.39. The Kier molecular flexibility index (Phi) is 10.1. The molecule has 0 unspecified atom stereocenters. The van der Waals surface area contributed by atoms with Crippen LogP contribution in [0.4, 0.5) is 30.6 Å². The van der Waals surface area contributed by atoms with Crippen LogP contribution < -0.4 is 16.4 Å². The number of anilines is 3. The van der Waals surface area contributed by atoms with E-state index in [9.17, 15) is 13.2 Å². The van der Waals surface area contributed by atoms with Gasteiger partial charge in [0.25, 0.3) is 0 Å². The van der Waals surface area contributed by atoms with E-state index in [0.29, 0.717) is 6.20 Å². The topological polar surface area (TPSA) is 81.1 Å². The van der Waals surface area contributed by atoms with Crippen molar-refractivity contribution < 1.29 is 13.2 Å². The quantitative estimate of drug-likeness (QED) is 0.389. The highest BCUT2D eigenvalue weighted by Crippen LogP contribution is 2.39. The molecule has 0 fully saturated rings. The van der Waals surface area contributed by atoms with Gasteiger partial charge in [-0.25, -0.2) is 4.98 Å². The Morgan fingerprint density at radius 3 is 2.19 bits per heavy atom. The van der Waals surface area contributed by atoms with Gasteiger partial charge >= 0.3 is 6.18 Å². The van der Waals surface area contributed by atoms with Crippen molar-refractivity contribution in [2.24, 2.45) is 0 Å². The van der Waals surface area contributed by atoms with E-state index in [2.05, 4.69) is 89.9 Å². The number of nitrogens with zero attached hydrogens (tertiary/aromatic N) is 3. The highest BCUT2D eigenvalue weighted by Gasteiger charge is 2.34. The molecule has 0 saturated carbocycles. The Labute approximate surface area is 211 Å². The summed E-state index contributed by atoms with van der Waals surface area (Å²) < 4.78 is 35.9. The number of rotatable bonds is 4. The van der Waals surface area contributed by atoms with Crippen molar-refractivity contribution in [2.45, 2.75) is 53.1 Å². The minimum Gasteiger partial charge on any atom is -0.383 e. The van der Waals surface area contributed by atoms with Crippen molar-refractivity contribution in [3.63, 3.8) is 0 Å². The molecule has 0 atom stereocenters. The van der Waals surface area contributed by atoms with Gasteiger partial charge in [0.1, 0.15) is 11.4 Å². The molecular weight excluding hydrogens is 463 g/mol. The van der Waals surface area contributed by atoms with Gasteiger partial charge in [0.15, 0.2) is 0 Å². The average molecular weight is 498 g/mol. The summed E-state index contributed by atoms with van der Waals surface area (Å²) in [4.78, 5) is 8.64. The number of benzene rings is 2. The molecule has 1 aliphatic rings. The molecule has 1 aliphatic heterocycles. The molecule has 1 aromatic heterocycles. The highest BCUT2D eigenvalue weighted by atomic mass is 19.4. The van der Waals surface area contributed by atoms with Crippen LogP contribution in [0.25, 0.3) is 11.8 Å². The van der Waals surface area contributed by atoms with Crippen LogP contribution in [0.15, 0.2) is 67.0 Å². The van der Waals surface area contributed by atoms with Crippen LogP contribution >= 0.6 is 0 Å². The first kappa shape index (κ1) is 28.4. The molecular formula is C28H34F3N5. The van der Waals surface area contributed by atoms with E-state index in [1.54, 1.807) is 0 Å². The monoisotopic (exact) mass is 497 g/mol. The van der Waals surface area contributed by atoms with E-state index in [-0.39, 0.29) is 5.95 Å². The van der Waals surface area contributed by atoms with E-state index in [1.165, 1.54) is 28.1 Å². The second-order valence-electron chi connectivity index (χ2n) is 7.76. The zero-order chi connectivity index (χ0) is 26.9. The number of allylic oxidation sites excluding steroid dienone is 1. The Morgan fingerprint density at radius 1 is 0.972 bits per heavy atom. The van der Waals surface area contributed by atoms with Gasteiger partial charge in [-0.05, 0) is 42.2 Å². The number of aryl methyl sites for hydroxylation is 1. The summed E-state index contributed by atoms with van der Waals surface area (Å²) in [7, 11) is 0. The molecule has 2 aromatic carbocycles. The van der Waals surface area contributed by atoms with Gasteiger partial charge in [-0.1, -0.05) is 77.1 Å². The number of alkyl halides is 3. The fourth-order valence-corrected chi connectivity index (χ4v) is 3.89. The summed E-state index contributed by atoms with van der Waals surface area (Å²) in [5, 5.41) is 0. The molecule has 3 aromatic rings. The second-order valence-corrected chi connectivity index (χ2v) is 7.76. The van der Waals surface area contributed by atoms with E-state index in [4.69, 9.17) is 11.5 Å². The smallest absolute Gasteiger partial charge is 0.383 e. The van der Waals surface area contributed by atoms with Crippen molar-refractivity contribution in [2.75, 3.05) is 16.4 Å². The Balaban J connectivity index is 0.000000277. The van der Waals surface area contributed by atoms with Gasteiger partial charge in [0, 0.05) is 28.8 Å². The van der Waals surface area contributed by atoms with Crippen LogP contribution in [0.5, 0.6) is 0 Å². The van der Waals surface area contributed by atoms with Gasteiger partial charge in [-0.15, -0.1) is 0 Å². The standard InChI is InChI=1S/C21H23N.C5H5F3N4.C2H6/c1-4-10-17-11-9-12-18-15-19(5-2)22(16(3)21(17)18)20-13-7-6-8-14-20;6-5(7,8)2-1-11-4(10)12-3(2)9;1-2/h6-9,11-15H,3-5,10H2,1-2H3;1H,(H4,9,10,11,12);1-2H3. The summed E-state index contributed by atoms with van der Waals surface area (Å²) in [5.41, 5.74) is 16.5. The Bertz CT molecular complexity index is 1190. The van der Waals surface area contributed by atoms with Gasteiger partial charge in [-0.2, -0.15) is 18.2 Å². The molecule has 8 heteroatoms. The molecule has 4 rings (SSSR count). The van der Waals surface area contributed by atoms with Crippen molar-refractivity contribution in [3.05, 3.63) is 89.3 Å². The lowest BCUT2D eigenvalue weighted by Gasteiger charge is -2.34. The summed E-state index contributed by atoms with van der Waals surface area (Å²) in [6, 6.07) is 17.1. The molecule has 0 bridgehead atoms. The summed E-state index contributed by atoms with van der Waals surface area (Å²) in [6.07, 6.45) is 1.58. The maximum Gasteiger partial charge on any atom is 0.421 e. The minimum absolute atomic E-state index is 0.277. The fourth-order valence-electron chi connectivity index (χ4n) is 3.89. The predicted molar refractivity (Wildman–Crippen MR) is 144 cm³/mol. The SMILES string of the molecule is C=C1c2c(cccc2CCC)C=C(CC)N1c1ccccc1.CC.Nc1ncc(C(F)(F)F)c(N)n1. The Hall–Kier alpha value is -3.81. The van der Waals surface area contributed by atoms with Crippen LogP contribution in [0.3, 0.4) is 0 Å². The van der Waals surface area contributed by atoms with E-state index < -0.39 is 17.6 Å². The molecule has 0 aliphatic carbocycles. The number of halogens is 3. The molecule has 0 amide bonds. The molecule has 0 radical (unpaired) electrons. The molecule has 0 saturated heterocycles. The number of hydrogen-bond acceptors (Lipinski definition) is 5. The minimum atomic E-state index is -4.53. The number of aromatic nitrogens is 2. The maximum absolute atomic E-state index is 12.0. The first-order valence-electron chi connectivity index (χ1n) is 12.0. The van der Waals surface area contributed by atoms with Crippen molar-refractivity contribution >= 4 is 29.2 Å². The van der Waals surface area contributed by atoms with E-state index in [1.807, 2.05) is 13.8 Å². The van der Waals surface area contributed by atoms with Gasteiger partial charge in [-0.3, -0.25) is 0 Å². The lowest BCUT2D eigenvalue weighted by atomic mass is 9.91. The molecule has 192 valence electrons. The molecule has 2 heterocycles. The Morgan fingerprint density at radius 2 is 1.64 bits per heavy atom. The molecule has 36 heavy (non-hydrogen) atoms. The first-order chi connectivity index (χ1) is 17.2. The van der Waals surface area contributed by atoms with Gasteiger partial charge in [0.05, 0.1) is 0 Å². The predicted octanol–water partition coefficient (Wildman–Crippen LogP) is 7.57. The third-order valence-corrected chi connectivity index (χ3v) is 5.39. The number of nitrogen functional groups attached to an aromatic ring is 2. The number of fused-ring (bicyclic) bond motifs is 1. The summed E-state index contributed by atoms with van der Waals surface area (Å²) in [5.74, 6) is -0.935. The van der Waals surface area contributed by atoms with Crippen LogP contribution in [-0.2, 0) is 12.6 Å². The van der Waals surface area contributed by atoms with Gasteiger partial charge in [0.2, 0.25) is 5.95 Å². The average Bonchev–Trinajstić information content (AvgIpc) is 2.85. The van der Waals surface area contributed by atoms with Crippen molar-refractivity contribution in [1.82, 2.24) is 9.97 Å². The van der Waals surface area contributed by atoms with E-state index >= 15 is 0 Å². The normalized spacial score (nSPS) is 12.5. The lowest BCUT2D eigenvalue weighted by molar-refractivity contribution is -0.137. The second kappa shape index (κ2) is 12.8. The third kappa shape index (κ3) is 6.65. The number of hydrogen-bond donors (Lipinski definition) is 2. The van der Waals surface area contributed by atoms with Crippen molar-refractivity contribution in [1.29, 1.82) is 0 Å². The first-order valence-corrected chi connectivity index (χ1v) is 12.0. The summed E-state index contributed by atoms with van der Waals surface area (Å²) >= 11 is 0. The number of nitrogens with two attached hydrogens (primary N) is 2. The van der Waals surface area contributed by atoms with Crippen LogP contribution in [0.1, 0.15) is 62.8 Å². The van der Waals surface area contributed by atoms with Crippen LogP contribution in [0, 0.1) is 0 Å². The largest absolute Gasteiger partial charge is 0.421 e. The van der Waals surface area contributed by atoms with Crippen molar-refractivity contribution in [3.8, 4) is 0 Å². The zero-order valence-electron chi connectivity index (χ0n) is 21.2. The molecule has 4 N–H and O–H groups in total. The molecule has 5 nitrogen and oxygen atoms in total. The fraction of sp³-hybridized carbons (Fsp3) is 0.286. The van der Waals surface area contributed by atoms with Crippen LogP contribution in [0.2, 0.25) is 0 Å². The number of para-hydroxylation sites is 1. The lowest BCUT2D eigenvalue weighted by Crippen LogP contribution is -2.24. The van der Waals surface area contributed by atoms with Gasteiger partial charge < -0.3 is 16.4 Å². The highest BCUT2D eigenvalue weighted by molar-refractivity contribution is 5.92. The van der Waals surface area contributed by atoms with E-state index in [0.717, 1.165) is 25.0 Å². The maximum atomic E-state index is 12.0. The summed E-state index contributed by atoms with van der Waals surface area (Å²) in [6.45, 7) is 12.9.